The average Bonchev–Trinajstić information content (AvgIpc) is 2.93. The van der Waals surface area contributed by atoms with Gasteiger partial charge in [-0.2, -0.15) is 0 Å². The van der Waals surface area contributed by atoms with Crippen LogP contribution in [0, 0.1) is 6.92 Å². The van der Waals surface area contributed by atoms with Crippen molar-refractivity contribution in [3.63, 3.8) is 0 Å². The van der Waals surface area contributed by atoms with Crippen molar-refractivity contribution in [3.8, 4) is 0 Å². The largest absolute Gasteiger partial charge is 0.320 e. The Balaban J connectivity index is 1.92. The molecule has 3 aromatic rings. The first-order valence-electron chi connectivity index (χ1n) is 7.03. The molecule has 4 nitrogen and oxygen atoms in total. The summed E-state index contributed by atoms with van der Waals surface area (Å²) >= 11 is 0. The van der Waals surface area contributed by atoms with Crippen molar-refractivity contribution in [1.29, 1.82) is 0 Å². The molecule has 4 heteroatoms. The maximum atomic E-state index is 12.4. The number of hydrogen-bond donors (Lipinski definition) is 1. The van der Waals surface area contributed by atoms with Crippen molar-refractivity contribution in [1.82, 2.24) is 9.38 Å². The summed E-state index contributed by atoms with van der Waals surface area (Å²) in [7, 11) is 0. The number of benzene rings is 1. The Kier molecular flexibility index (Phi) is 3.44. The van der Waals surface area contributed by atoms with Crippen molar-refractivity contribution >= 4 is 17.2 Å². The summed E-state index contributed by atoms with van der Waals surface area (Å²) < 4.78 is 1.92. The highest BCUT2D eigenvalue weighted by Gasteiger charge is 2.12. The zero-order valence-corrected chi connectivity index (χ0v) is 12.1. The van der Waals surface area contributed by atoms with Crippen LogP contribution in [0.5, 0.6) is 0 Å². The highest BCUT2D eigenvalue weighted by Crippen LogP contribution is 2.17. The van der Waals surface area contributed by atoms with Gasteiger partial charge in [-0.05, 0) is 37.1 Å². The lowest BCUT2D eigenvalue weighted by molar-refractivity contribution is 0.102. The second kappa shape index (κ2) is 5.40. The molecule has 0 atom stereocenters. The van der Waals surface area contributed by atoms with Gasteiger partial charge in [0.15, 0.2) is 0 Å². The van der Waals surface area contributed by atoms with E-state index in [4.69, 9.17) is 0 Å². The smallest absolute Gasteiger partial charge is 0.275 e. The summed E-state index contributed by atoms with van der Waals surface area (Å²) in [6.07, 6.45) is 2.65. The van der Waals surface area contributed by atoms with Crippen molar-refractivity contribution in [3.05, 3.63) is 65.6 Å². The maximum Gasteiger partial charge on any atom is 0.275 e. The van der Waals surface area contributed by atoms with Crippen molar-refractivity contribution in [2.24, 2.45) is 0 Å². The lowest BCUT2D eigenvalue weighted by Gasteiger charge is -2.08. The Morgan fingerprint density at radius 1 is 1.19 bits per heavy atom. The molecule has 0 bridgehead atoms. The molecule has 2 heterocycles. The van der Waals surface area contributed by atoms with E-state index < -0.39 is 0 Å². The van der Waals surface area contributed by atoms with E-state index in [1.807, 2.05) is 53.8 Å². The molecule has 106 valence electrons. The fraction of sp³-hybridized carbons (Fsp3) is 0.176. The molecule has 0 aliphatic carbocycles. The standard InChI is InChI=1S/C17H17N3O/c1-3-13-8-4-5-9-14(13)19-17(21)15-11-20-12(2)7-6-10-16(20)18-15/h4-11H,3H2,1-2H3,(H,19,21). The van der Waals surface area contributed by atoms with Gasteiger partial charge in [0.2, 0.25) is 0 Å². The van der Waals surface area contributed by atoms with E-state index >= 15 is 0 Å². The topological polar surface area (TPSA) is 46.4 Å². The first-order chi connectivity index (χ1) is 10.2. The number of amides is 1. The van der Waals surface area contributed by atoms with E-state index in [0.29, 0.717) is 5.69 Å². The number of carbonyl (C=O) groups excluding carboxylic acids is 1. The van der Waals surface area contributed by atoms with Crippen LogP contribution in [0.4, 0.5) is 5.69 Å². The van der Waals surface area contributed by atoms with Crippen molar-refractivity contribution in [2.45, 2.75) is 20.3 Å². The van der Waals surface area contributed by atoms with Crippen LogP contribution in [0.25, 0.3) is 5.65 Å². The molecule has 1 N–H and O–H groups in total. The van der Waals surface area contributed by atoms with Crippen molar-refractivity contribution < 1.29 is 4.79 Å². The fourth-order valence-electron chi connectivity index (χ4n) is 2.39. The molecule has 0 aliphatic heterocycles. The Bertz CT molecular complexity index is 805. The number of rotatable bonds is 3. The number of aromatic nitrogens is 2. The molecule has 0 radical (unpaired) electrons. The van der Waals surface area contributed by atoms with Gasteiger partial charge in [0.05, 0.1) is 0 Å². The van der Waals surface area contributed by atoms with E-state index in [9.17, 15) is 4.79 Å². The molecule has 3 rings (SSSR count). The van der Waals surface area contributed by atoms with E-state index in [-0.39, 0.29) is 5.91 Å². The summed E-state index contributed by atoms with van der Waals surface area (Å²) in [6.45, 7) is 4.06. The van der Waals surface area contributed by atoms with Crippen LogP contribution in [0.15, 0.2) is 48.7 Å². The van der Waals surface area contributed by atoms with Crippen LogP contribution >= 0.6 is 0 Å². The maximum absolute atomic E-state index is 12.4. The predicted octanol–water partition coefficient (Wildman–Crippen LogP) is 3.46. The Morgan fingerprint density at radius 3 is 2.76 bits per heavy atom. The van der Waals surface area contributed by atoms with Gasteiger partial charge in [0, 0.05) is 17.6 Å². The highest BCUT2D eigenvalue weighted by atomic mass is 16.1. The monoisotopic (exact) mass is 279 g/mol. The van der Waals surface area contributed by atoms with E-state index in [0.717, 1.165) is 29.0 Å². The van der Waals surface area contributed by atoms with Gasteiger partial charge in [0.1, 0.15) is 11.3 Å². The highest BCUT2D eigenvalue weighted by molar-refractivity contribution is 6.03. The Hall–Kier alpha value is -2.62. The summed E-state index contributed by atoms with van der Waals surface area (Å²) in [6, 6.07) is 13.6. The van der Waals surface area contributed by atoms with Crippen LogP contribution in [0.1, 0.15) is 28.7 Å². The zero-order valence-electron chi connectivity index (χ0n) is 12.1. The predicted molar refractivity (Wildman–Crippen MR) is 83.7 cm³/mol. The SMILES string of the molecule is CCc1ccccc1NC(=O)c1cn2c(C)cccc2n1. The Labute approximate surface area is 123 Å². The van der Waals surface area contributed by atoms with E-state index in [1.54, 1.807) is 6.20 Å². The van der Waals surface area contributed by atoms with Gasteiger partial charge in [-0.1, -0.05) is 31.2 Å². The first kappa shape index (κ1) is 13.4. The van der Waals surface area contributed by atoms with E-state index in [1.165, 1.54) is 0 Å². The van der Waals surface area contributed by atoms with Gasteiger partial charge in [0.25, 0.3) is 5.91 Å². The first-order valence-corrected chi connectivity index (χ1v) is 7.03. The Morgan fingerprint density at radius 2 is 2.00 bits per heavy atom. The molecule has 0 saturated heterocycles. The number of aryl methyl sites for hydroxylation is 2. The molecule has 21 heavy (non-hydrogen) atoms. The molecule has 0 saturated carbocycles. The molecule has 0 spiro atoms. The van der Waals surface area contributed by atoms with E-state index in [2.05, 4.69) is 17.2 Å². The van der Waals surface area contributed by atoms with Crippen LogP contribution in [0.3, 0.4) is 0 Å². The third-order valence-corrected chi connectivity index (χ3v) is 3.58. The number of fused-ring (bicyclic) bond motifs is 1. The molecular formula is C17H17N3O. The van der Waals surface area contributed by atoms with Crippen LogP contribution in [-0.4, -0.2) is 15.3 Å². The third kappa shape index (κ3) is 2.52. The number of hydrogen-bond acceptors (Lipinski definition) is 2. The second-order valence-electron chi connectivity index (χ2n) is 4.99. The minimum atomic E-state index is -0.181. The lowest BCUT2D eigenvalue weighted by atomic mass is 10.1. The third-order valence-electron chi connectivity index (χ3n) is 3.58. The van der Waals surface area contributed by atoms with Crippen molar-refractivity contribution in [2.75, 3.05) is 5.32 Å². The number of pyridine rings is 1. The average molecular weight is 279 g/mol. The molecule has 2 aromatic heterocycles. The lowest BCUT2D eigenvalue weighted by Crippen LogP contribution is -2.13. The number of carbonyl (C=O) groups is 1. The minimum absolute atomic E-state index is 0.181. The number of imidazole rings is 1. The normalized spacial score (nSPS) is 10.8. The fourth-order valence-corrected chi connectivity index (χ4v) is 2.39. The minimum Gasteiger partial charge on any atom is -0.320 e. The van der Waals surface area contributed by atoms with Gasteiger partial charge in [-0.25, -0.2) is 4.98 Å². The van der Waals surface area contributed by atoms with Gasteiger partial charge in [-0.3, -0.25) is 4.79 Å². The molecule has 1 amide bonds. The second-order valence-corrected chi connectivity index (χ2v) is 4.99. The molecule has 0 aliphatic rings. The number of nitrogens with one attached hydrogen (secondary N) is 1. The zero-order chi connectivity index (χ0) is 14.8. The molecule has 0 unspecified atom stereocenters. The number of anilines is 1. The number of para-hydroxylation sites is 1. The summed E-state index contributed by atoms with van der Waals surface area (Å²) in [4.78, 5) is 16.8. The quantitative estimate of drug-likeness (QED) is 0.798. The van der Waals surface area contributed by atoms with Gasteiger partial charge < -0.3 is 9.72 Å². The van der Waals surface area contributed by atoms with Crippen LogP contribution in [-0.2, 0) is 6.42 Å². The summed E-state index contributed by atoms with van der Waals surface area (Å²) in [5, 5.41) is 2.94. The van der Waals surface area contributed by atoms with Gasteiger partial charge in [-0.15, -0.1) is 0 Å². The summed E-state index contributed by atoms with van der Waals surface area (Å²) in [5.74, 6) is -0.181. The summed E-state index contributed by atoms with van der Waals surface area (Å²) in [5.41, 5.74) is 4.22. The van der Waals surface area contributed by atoms with Crippen LogP contribution in [0.2, 0.25) is 0 Å². The van der Waals surface area contributed by atoms with Gasteiger partial charge >= 0.3 is 0 Å². The molecular weight excluding hydrogens is 262 g/mol. The number of nitrogens with zero attached hydrogens (tertiary/aromatic N) is 2. The molecule has 1 aromatic carbocycles. The molecule has 0 fully saturated rings. The van der Waals surface area contributed by atoms with Crippen LogP contribution < -0.4 is 5.32 Å².